The fourth-order valence-electron chi connectivity index (χ4n) is 11.2. The normalized spacial score (nSPS) is 58.4. The van der Waals surface area contributed by atoms with E-state index in [-0.39, 0.29) is 24.0 Å². The molecule has 0 N–H and O–H groups in total. The molecular formula is C34H54O9S. The molecule has 0 aromatic rings. The summed E-state index contributed by atoms with van der Waals surface area (Å²) in [6, 6.07) is 0. The van der Waals surface area contributed by atoms with Crippen LogP contribution in [0.1, 0.15) is 106 Å². The second kappa shape index (κ2) is 10.9. The van der Waals surface area contributed by atoms with E-state index in [0.717, 1.165) is 51.4 Å². The molecular weight excluding hydrogens is 584 g/mol. The summed E-state index contributed by atoms with van der Waals surface area (Å²) in [4.78, 5) is 24.5. The Bertz CT molecular complexity index is 1060. The molecule has 0 amide bonds. The standard InChI is InChI=1S/C34H54O9S/c1-19-7-9-25-21(3)27(36-29-33(25)23(19)11-15-31(5,38-29)40-42-33)13-17-44(35)18-14-28-22(4)26-10-8-20(2)24-12-16-32(6)39-30(37-28)34(24,26)43-41-32/h19-30H,7-18H2,1-6H3/t19-,20-,21-,22-,23+,24+,25+,26+,27-,28-,29-,30-,31-,32+,33-,34-,44?/m1/s1. The van der Waals surface area contributed by atoms with Crippen molar-refractivity contribution in [3.8, 4) is 0 Å². The molecule has 4 bridgehead atoms. The van der Waals surface area contributed by atoms with E-state index in [1.54, 1.807) is 0 Å². The Balaban J connectivity index is 0.917. The lowest BCUT2D eigenvalue weighted by Gasteiger charge is -2.60. The van der Waals surface area contributed by atoms with Gasteiger partial charge in [-0.25, -0.2) is 19.6 Å². The van der Waals surface area contributed by atoms with Gasteiger partial charge >= 0.3 is 0 Å². The minimum Gasteiger partial charge on any atom is -0.346 e. The fourth-order valence-corrected chi connectivity index (χ4v) is 12.4. The van der Waals surface area contributed by atoms with Gasteiger partial charge in [-0.15, -0.1) is 0 Å². The van der Waals surface area contributed by atoms with Gasteiger partial charge in [0.2, 0.25) is 11.6 Å². The van der Waals surface area contributed by atoms with Crippen LogP contribution in [-0.2, 0) is 49.3 Å². The molecule has 10 heteroatoms. The van der Waals surface area contributed by atoms with Gasteiger partial charge in [-0.05, 0) is 101 Å². The molecule has 10 aliphatic rings. The van der Waals surface area contributed by atoms with Gasteiger partial charge in [0.05, 0.1) is 12.2 Å². The van der Waals surface area contributed by atoms with E-state index in [1.165, 1.54) is 12.8 Å². The molecule has 44 heavy (non-hydrogen) atoms. The second-order valence-corrected chi connectivity index (χ2v) is 18.0. The highest BCUT2D eigenvalue weighted by atomic mass is 32.2. The maximum atomic E-state index is 13.5. The van der Waals surface area contributed by atoms with Gasteiger partial charge in [0, 0.05) is 47.0 Å². The lowest BCUT2D eigenvalue weighted by Crippen LogP contribution is -2.70. The summed E-state index contributed by atoms with van der Waals surface area (Å²) in [6.45, 7) is 13.2. The maximum Gasteiger partial charge on any atom is 0.201 e. The minimum atomic E-state index is -0.981. The molecule has 10 rings (SSSR count). The highest BCUT2D eigenvalue weighted by molar-refractivity contribution is 7.84. The molecule has 8 aliphatic heterocycles. The van der Waals surface area contributed by atoms with E-state index in [0.29, 0.717) is 47.0 Å². The van der Waals surface area contributed by atoms with Crippen molar-refractivity contribution in [2.45, 2.75) is 153 Å². The molecule has 0 aromatic heterocycles. The lowest BCUT2D eigenvalue weighted by atomic mass is 9.57. The minimum absolute atomic E-state index is 0.0149. The Morgan fingerprint density at radius 1 is 0.591 bits per heavy atom. The SMILES string of the molecule is C[C@H]1[C@@H](CCS(=O)CC[C@H]2O[C@@H]3O[C@]4(C)CC[C@H]5[C@H](C)CC[C@@H]([C@H]2C)[C@@]35OO4)O[C@@H]2O[C@@]3(C)CC[C@H]4[C@H](C)CC[C@@H]1[C@@]24OO3. The van der Waals surface area contributed by atoms with Gasteiger partial charge in [-0.2, -0.15) is 0 Å². The largest absolute Gasteiger partial charge is 0.346 e. The fraction of sp³-hybridized carbons (Fsp3) is 1.00. The third kappa shape index (κ3) is 4.55. The summed E-state index contributed by atoms with van der Waals surface area (Å²) in [6.07, 6.45) is 8.82. The van der Waals surface area contributed by atoms with Crippen LogP contribution in [0.3, 0.4) is 0 Å². The van der Waals surface area contributed by atoms with Crippen molar-refractivity contribution in [2.24, 2.45) is 47.3 Å². The predicted molar refractivity (Wildman–Crippen MR) is 161 cm³/mol. The molecule has 2 aliphatic carbocycles. The van der Waals surface area contributed by atoms with Crippen LogP contribution < -0.4 is 0 Å². The summed E-state index contributed by atoms with van der Waals surface area (Å²) in [5.74, 6) is 2.65. The summed E-state index contributed by atoms with van der Waals surface area (Å²) in [5.41, 5.74) is -1.09. The topological polar surface area (TPSA) is 90.9 Å². The Morgan fingerprint density at radius 3 is 1.45 bits per heavy atom. The third-order valence-corrected chi connectivity index (χ3v) is 15.2. The molecule has 2 spiro atoms. The van der Waals surface area contributed by atoms with Crippen LogP contribution in [0, 0.1) is 47.3 Å². The zero-order chi connectivity index (χ0) is 30.6. The zero-order valence-electron chi connectivity index (χ0n) is 27.5. The highest BCUT2D eigenvalue weighted by Gasteiger charge is 2.70. The number of hydrogen-bond donors (Lipinski definition) is 0. The molecule has 9 nitrogen and oxygen atoms in total. The molecule has 17 atom stereocenters. The van der Waals surface area contributed by atoms with Crippen LogP contribution >= 0.6 is 0 Å². The third-order valence-electron chi connectivity index (χ3n) is 13.8. The number of rotatable bonds is 6. The first-order valence-electron chi connectivity index (χ1n) is 17.7. The van der Waals surface area contributed by atoms with Crippen molar-refractivity contribution in [3.63, 3.8) is 0 Å². The Labute approximate surface area is 265 Å². The molecule has 0 radical (unpaired) electrons. The van der Waals surface area contributed by atoms with E-state index < -0.39 is 46.2 Å². The first-order chi connectivity index (χ1) is 21.0. The maximum absolute atomic E-state index is 13.5. The predicted octanol–water partition coefficient (Wildman–Crippen LogP) is 6.02. The van der Waals surface area contributed by atoms with E-state index >= 15 is 0 Å². The molecule has 8 saturated heterocycles. The van der Waals surface area contributed by atoms with Gasteiger partial charge in [0.15, 0.2) is 23.8 Å². The Morgan fingerprint density at radius 2 is 1.02 bits per heavy atom. The second-order valence-electron chi connectivity index (χ2n) is 16.3. The van der Waals surface area contributed by atoms with Crippen molar-refractivity contribution in [1.29, 1.82) is 0 Å². The van der Waals surface area contributed by atoms with E-state index in [4.69, 9.17) is 38.5 Å². The van der Waals surface area contributed by atoms with Crippen LogP contribution in [0.15, 0.2) is 0 Å². The first-order valence-corrected chi connectivity index (χ1v) is 19.2. The van der Waals surface area contributed by atoms with Crippen molar-refractivity contribution in [1.82, 2.24) is 0 Å². The van der Waals surface area contributed by atoms with Crippen molar-refractivity contribution >= 4 is 10.8 Å². The van der Waals surface area contributed by atoms with Gasteiger partial charge < -0.3 is 18.9 Å². The van der Waals surface area contributed by atoms with E-state index in [9.17, 15) is 4.21 Å². The molecule has 8 heterocycles. The monoisotopic (exact) mass is 638 g/mol. The van der Waals surface area contributed by atoms with Gasteiger partial charge in [0.1, 0.15) is 0 Å². The molecule has 250 valence electrons. The summed E-state index contributed by atoms with van der Waals surface area (Å²) >= 11 is 0. The van der Waals surface area contributed by atoms with Gasteiger partial charge in [-0.3, -0.25) is 4.21 Å². The van der Waals surface area contributed by atoms with E-state index in [1.807, 2.05) is 13.8 Å². The first kappa shape index (κ1) is 31.1. The van der Waals surface area contributed by atoms with E-state index in [2.05, 4.69) is 27.7 Å². The van der Waals surface area contributed by atoms with Crippen LogP contribution in [-0.4, -0.2) is 63.3 Å². The lowest BCUT2D eigenvalue weighted by molar-refractivity contribution is -0.571. The Hall–Kier alpha value is -0.170. The van der Waals surface area contributed by atoms with Crippen molar-refractivity contribution in [3.05, 3.63) is 0 Å². The van der Waals surface area contributed by atoms with Crippen LogP contribution in [0.5, 0.6) is 0 Å². The number of hydrogen-bond acceptors (Lipinski definition) is 9. The summed E-state index contributed by atoms with van der Waals surface area (Å²) < 4.78 is 40.1. The summed E-state index contributed by atoms with van der Waals surface area (Å²) in [5, 5.41) is 0. The smallest absolute Gasteiger partial charge is 0.201 e. The summed E-state index contributed by atoms with van der Waals surface area (Å²) in [7, 11) is -0.981. The average Bonchev–Trinajstić information content (AvgIpc) is 3.37. The van der Waals surface area contributed by atoms with Gasteiger partial charge in [0.25, 0.3) is 0 Å². The zero-order valence-corrected chi connectivity index (χ0v) is 28.3. The highest BCUT2D eigenvalue weighted by Crippen LogP contribution is 2.62. The molecule has 1 unspecified atom stereocenters. The molecule has 10 fully saturated rings. The molecule has 2 saturated carbocycles. The van der Waals surface area contributed by atoms with Crippen LogP contribution in [0.25, 0.3) is 0 Å². The number of fused-ring (bicyclic) bond motifs is 4. The van der Waals surface area contributed by atoms with Crippen LogP contribution in [0.4, 0.5) is 0 Å². The quantitative estimate of drug-likeness (QED) is 0.324. The van der Waals surface area contributed by atoms with Crippen molar-refractivity contribution < 1.29 is 42.7 Å². The molecule has 0 aromatic carbocycles. The van der Waals surface area contributed by atoms with Crippen LogP contribution in [0.2, 0.25) is 0 Å². The van der Waals surface area contributed by atoms with Gasteiger partial charge in [-0.1, -0.05) is 27.7 Å². The average molecular weight is 639 g/mol. The Kier molecular flexibility index (Phi) is 7.73. The number of ether oxygens (including phenoxy) is 4. The van der Waals surface area contributed by atoms with Crippen molar-refractivity contribution in [2.75, 3.05) is 11.5 Å².